The third-order valence-electron chi connectivity index (χ3n) is 4.30. The fourth-order valence-corrected chi connectivity index (χ4v) is 2.92. The molecule has 5 nitrogen and oxygen atoms in total. The van der Waals surface area contributed by atoms with E-state index in [0.29, 0.717) is 19.1 Å². The van der Waals surface area contributed by atoms with Crippen molar-refractivity contribution in [2.45, 2.75) is 31.9 Å². The summed E-state index contributed by atoms with van der Waals surface area (Å²) in [7, 11) is 1.87. The number of hydrogen-bond acceptors (Lipinski definition) is 4. The van der Waals surface area contributed by atoms with Gasteiger partial charge in [-0.1, -0.05) is 0 Å². The molecule has 0 radical (unpaired) electrons. The molecule has 3 unspecified atom stereocenters. The molecule has 0 aromatic carbocycles. The molecule has 5 heteroatoms. The molecule has 0 bridgehead atoms. The zero-order valence-corrected chi connectivity index (χ0v) is 11.3. The number of carbonyl (C=O) groups is 1. The highest BCUT2D eigenvalue weighted by atomic mass is 16.5. The van der Waals surface area contributed by atoms with Crippen LogP contribution >= 0.6 is 0 Å². The van der Waals surface area contributed by atoms with Crippen LogP contribution in [0.2, 0.25) is 0 Å². The summed E-state index contributed by atoms with van der Waals surface area (Å²) in [5, 5.41) is 12.7. The number of piperidine rings is 1. The lowest BCUT2D eigenvalue weighted by molar-refractivity contribution is -0.138. The number of aliphatic hydroxyl groups is 1. The summed E-state index contributed by atoms with van der Waals surface area (Å²) in [6.45, 7) is 4.52. The van der Waals surface area contributed by atoms with Crippen LogP contribution < -0.4 is 5.32 Å². The first-order valence-electron chi connectivity index (χ1n) is 6.85. The molecular weight excluding hydrogens is 232 g/mol. The predicted octanol–water partition coefficient (Wildman–Crippen LogP) is -0.160. The Bertz CT molecular complexity index is 288. The van der Waals surface area contributed by atoms with Crippen molar-refractivity contribution in [1.29, 1.82) is 0 Å². The van der Waals surface area contributed by atoms with Gasteiger partial charge < -0.3 is 20.1 Å². The maximum Gasteiger partial charge on any atom is 0.229 e. The molecule has 0 spiro atoms. The summed E-state index contributed by atoms with van der Waals surface area (Å²) in [4.78, 5) is 14.3. The minimum Gasteiger partial charge on any atom is -0.393 e. The Morgan fingerprint density at radius 2 is 2.06 bits per heavy atom. The second-order valence-corrected chi connectivity index (χ2v) is 5.44. The van der Waals surface area contributed by atoms with Gasteiger partial charge in [0.2, 0.25) is 5.91 Å². The summed E-state index contributed by atoms with van der Waals surface area (Å²) in [6, 6.07) is 0.145. The molecular formula is C13H24N2O3. The number of nitrogens with zero attached hydrogens (tertiary/aromatic N) is 1. The second-order valence-electron chi connectivity index (χ2n) is 5.44. The topological polar surface area (TPSA) is 61.8 Å². The van der Waals surface area contributed by atoms with E-state index in [-0.39, 0.29) is 24.0 Å². The summed E-state index contributed by atoms with van der Waals surface area (Å²) in [6.07, 6.45) is 1.55. The van der Waals surface area contributed by atoms with Crippen LogP contribution in [-0.4, -0.2) is 61.4 Å². The van der Waals surface area contributed by atoms with Gasteiger partial charge in [-0.3, -0.25) is 4.79 Å². The van der Waals surface area contributed by atoms with Gasteiger partial charge in [0, 0.05) is 19.1 Å². The largest absolute Gasteiger partial charge is 0.393 e. The average Bonchev–Trinajstić information content (AvgIpc) is 2.86. The van der Waals surface area contributed by atoms with Gasteiger partial charge in [0.25, 0.3) is 0 Å². The van der Waals surface area contributed by atoms with Gasteiger partial charge in [0.15, 0.2) is 0 Å². The molecule has 3 atom stereocenters. The number of likely N-dealkylation sites (N-methyl/N-ethyl adjacent to an activating group) is 1. The van der Waals surface area contributed by atoms with E-state index in [4.69, 9.17) is 4.74 Å². The predicted molar refractivity (Wildman–Crippen MR) is 68.1 cm³/mol. The van der Waals surface area contributed by atoms with E-state index in [1.54, 1.807) is 0 Å². The fourth-order valence-electron chi connectivity index (χ4n) is 2.92. The first-order chi connectivity index (χ1) is 8.63. The summed E-state index contributed by atoms with van der Waals surface area (Å²) in [5.74, 6) is 0.503. The van der Waals surface area contributed by atoms with Crippen molar-refractivity contribution in [2.75, 3.05) is 33.4 Å². The Hall–Kier alpha value is -0.650. The Balaban J connectivity index is 1.87. The monoisotopic (exact) mass is 256 g/mol. The van der Waals surface area contributed by atoms with Crippen molar-refractivity contribution >= 4 is 5.91 Å². The zero-order chi connectivity index (χ0) is 13.1. The number of rotatable bonds is 3. The highest BCUT2D eigenvalue weighted by Crippen LogP contribution is 2.24. The van der Waals surface area contributed by atoms with Crippen LogP contribution in [0.5, 0.6) is 0 Å². The number of hydrogen-bond donors (Lipinski definition) is 2. The third-order valence-corrected chi connectivity index (χ3v) is 4.30. The first kappa shape index (κ1) is 13.8. The number of nitrogens with one attached hydrogen (secondary N) is 1. The fraction of sp³-hybridized carbons (Fsp3) is 0.923. The molecule has 2 saturated heterocycles. The van der Waals surface area contributed by atoms with Gasteiger partial charge in [0.05, 0.1) is 25.2 Å². The molecule has 104 valence electrons. The number of carbonyl (C=O) groups excluding carboxylic acids is 1. The molecule has 0 aromatic rings. The van der Waals surface area contributed by atoms with E-state index in [1.807, 2.05) is 18.9 Å². The van der Waals surface area contributed by atoms with Crippen LogP contribution in [0.4, 0.5) is 0 Å². The van der Waals surface area contributed by atoms with E-state index < -0.39 is 0 Å². The van der Waals surface area contributed by atoms with Crippen molar-refractivity contribution in [3.63, 3.8) is 0 Å². The number of amides is 1. The quantitative estimate of drug-likeness (QED) is 0.736. The maximum absolute atomic E-state index is 12.4. The first-order valence-corrected chi connectivity index (χ1v) is 6.85. The van der Waals surface area contributed by atoms with E-state index >= 15 is 0 Å². The lowest BCUT2D eigenvalue weighted by Crippen LogP contribution is -2.48. The van der Waals surface area contributed by atoms with Crippen LogP contribution in [0.3, 0.4) is 0 Å². The molecule has 2 heterocycles. The van der Waals surface area contributed by atoms with Gasteiger partial charge in [-0.2, -0.15) is 0 Å². The molecule has 1 amide bonds. The van der Waals surface area contributed by atoms with Crippen molar-refractivity contribution in [3.8, 4) is 0 Å². The van der Waals surface area contributed by atoms with Crippen molar-refractivity contribution in [3.05, 3.63) is 0 Å². The SMILES string of the molecule is CNC1COCC1C(=O)N1CCC(C(C)O)CC1. The molecule has 2 fully saturated rings. The van der Waals surface area contributed by atoms with Gasteiger partial charge in [0.1, 0.15) is 0 Å². The number of aliphatic hydroxyl groups excluding tert-OH is 1. The third kappa shape index (κ3) is 2.84. The normalized spacial score (nSPS) is 31.6. The number of likely N-dealkylation sites (tertiary alicyclic amines) is 1. The molecule has 2 rings (SSSR count). The molecule has 0 saturated carbocycles. The highest BCUT2D eigenvalue weighted by Gasteiger charge is 2.37. The zero-order valence-electron chi connectivity index (χ0n) is 11.3. The van der Waals surface area contributed by atoms with Crippen LogP contribution in [0.15, 0.2) is 0 Å². The molecule has 0 aromatic heterocycles. The van der Waals surface area contributed by atoms with Gasteiger partial charge in [-0.15, -0.1) is 0 Å². The second kappa shape index (κ2) is 5.99. The van der Waals surface area contributed by atoms with Crippen LogP contribution in [0.1, 0.15) is 19.8 Å². The number of ether oxygens (including phenoxy) is 1. The summed E-state index contributed by atoms with van der Waals surface area (Å²) < 4.78 is 5.38. The molecule has 0 aliphatic carbocycles. The lowest BCUT2D eigenvalue weighted by Gasteiger charge is -2.35. The highest BCUT2D eigenvalue weighted by molar-refractivity contribution is 5.80. The molecule has 2 aliphatic rings. The standard InChI is InChI=1S/C13H24N2O3/c1-9(16)10-3-5-15(6-4-10)13(17)11-7-18-8-12(11)14-2/h9-12,14,16H,3-8H2,1-2H3. The van der Waals surface area contributed by atoms with Crippen LogP contribution in [0.25, 0.3) is 0 Å². The van der Waals surface area contributed by atoms with Crippen molar-refractivity contribution in [2.24, 2.45) is 11.8 Å². The van der Waals surface area contributed by atoms with Crippen molar-refractivity contribution < 1.29 is 14.6 Å². The van der Waals surface area contributed by atoms with Gasteiger partial charge in [-0.05, 0) is 32.7 Å². The smallest absolute Gasteiger partial charge is 0.229 e. The minimum absolute atomic E-state index is 0.0434. The van der Waals surface area contributed by atoms with E-state index in [2.05, 4.69) is 5.32 Å². The van der Waals surface area contributed by atoms with Crippen molar-refractivity contribution in [1.82, 2.24) is 10.2 Å². The molecule has 2 aliphatic heterocycles. The van der Waals surface area contributed by atoms with Gasteiger partial charge in [-0.25, -0.2) is 0 Å². The lowest BCUT2D eigenvalue weighted by atomic mass is 9.91. The van der Waals surface area contributed by atoms with Crippen LogP contribution in [-0.2, 0) is 9.53 Å². The van der Waals surface area contributed by atoms with E-state index in [0.717, 1.165) is 25.9 Å². The van der Waals surface area contributed by atoms with Crippen LogP contribution in [0, 0.1) is 11.8 Å². The average molecular weight is 256 g/mol. The minimum atomic E-state index is -0.262. The van der Waals surface area contributed by atoms with E-state index in [9.17, 15) is 9.90 Å². The maximum atomic E-state index is 12.4. The summed E-state index contributed by atoms with van der Waals surface area (Å²) in [5.41, 5.74) is 0. The molecule has 18 heavy (non-hydrogen) atoms. The Morgan fingerprint density at radius 3 is 2.61 bits per heavy atom. The molecule has 2 N–H and O–H groups in total. The Kier molecular flexibility index (Phi) is 4.59. The Labute approximate surface area is 108 Å². The van der Waals surface area contributed by atoms with E-state index in [1.165, 1.54) is 0 Å². The van der Waals surface area contributed by atoms with Gasteiger partial charge >= 0.3 is 0 Å². The Morgan fingerprint density at radius 1 is 1.39 bits per heavy atom. The summed E-state index contributed by atoms with van der Waals surface area (Å²) >= 11 is 0.